The molecule has 0 radical (unpaired) electrons. The van der Waals surface area contributed by atoms with Crippen molar-refractivity contribution in [1.29, 1.82) is 0 Å². The van der Waals surface area contributed by atoms with E-state index in [1.807, 2.05) is 0 Å². The van der Waals surface area contributed by atoms with E-state index in [4.69, 9.17) is 4.74 Å². The van der Waals surface area contributed by atoms with Crippen molar-refractivity contribution in [3.63, 3.8) is 0 Å². The van der Waals surface area contributed by atoms with Gasteiger partial charge in [-0.3, -0.25) is 4.90 Å². The van der Waals surface area contributed by atoms with Gasteiger partial charge in [0, 0.05) is 6.54 Å². The molecule has 1 heterocycles. The first-order chi connectivity index (χ1) is 6.85. The summed E-state index contributed by atoms with van der Waals surface area (Å²) >= 11 is 0. The highest BCUT2D eigenvalue weighted by molar-refractivity contribution is 5.83. The molecule has 1 atom stereocenters. The van der Waals surface area contributed by atoms with Crippen molar-refractivity contribution in [2.24, 2.45) is 0 Å². The van der Waals surface area contributed by atoms with Crippen LogP contribution in [-0.2, 0) is 14.3 Å². The minimum absolute atomic E-state index is 0.382. The van der Waals surface area contributed by atoms with Crippen LogP contribution in [0.4, 0.5) is 4.79 Å². The number of methoxy groups -OCH3 is 1. The van der Waals surface area contributed by atoms with E-state index in [9.17, 15) is 9.59 Å². The number of hydrogen-bond donors (Lipinski definition) is 0. The minimum atomic E-state index is -0.534. The average Bonchev–Trinajstić information content (AvgIpc) is 1.97. The SMILES string of the molecule is COC(=O)[C@H]1CCN1C(=O)OC(C)(C)C. The third kappa shape index (κ3) is 2.84. The second kappa shape index (κ2) is 4.08. The van der Waals surface area contributed by atoms with Crippen LogP contribution < -0.4 is 0 Å². The Hall–Kier alpha value is -1.26. The Morgan fingerprint density at radius 1 is 1.33 bits per heavy atom. The molecule has 1 saturated heterocycles. The van der Waals surface area contributed by atoms with Crippen molar-refractivity contribution in [2.45, 2.75) is 38.8 Å². The van der Waals surface area contributed by atoms with Gasteiger partial charge in [-0.2, -0.15) is 0 Å². The van der Waals surface area contributed by atoms with Gasteiger partial charge in [-0.05, 0) is 27.2 Å². The molecule has 1 rings (SSSR count). The van der Waals surface area contributed by atoms with Crippen molar-refractivity contribution in [1.82, 2.24) is 4.90 Å². The van der Waals surface area contributed by atoms with Gasteiger partial charge in [0.05, 0.1) is 7.11 Å². The second-order valence-electron chi connectivity index (χ2n) is 4.50. The Kier molecular flexibility index (Phi) is 3.21. The van der Waals surface area contributed by atoms with E-state index < -0.39 is 17.7 Å². The number of carbonyl (C=O) groups is 2. The molecule has 1 amide bonds. The molecular weight excluding hydrogens is 198 g/mol. The van der Waals surface area contributed by atoms with E-state index in [1.54, 1.807) is 20.8 Å². The average molecular weight is 215 g/mol. The number of likely N-dealkylation sites (tertiary alicyclic amines) is 1. The number of nitrogens with zero attached hydrogens (tertiary/aromatic N) is 1. The van der Waals surface area contributed by atoms with Crippen molar-refractivity contribution < 1.29 is 19.1 Å². The van der Waals surface area contributed by atoms with Crippen molar-refractivity contribution >= 4 is 12.1 Å². The molecular formula is C10H17NO4. The van der Waals surface area contributed by atoms with E-state index in [2.05, 4.69) is 4.74 Å². The van der Waals surface area contributed by atoms with Crippen molar-refractivity contribution in [3.8, 4) is 0 Å². The zero-order valence-electron chi connectivity index (χ0n) is 9.57. The normalized spacial score (nSPS) is 20.5. The lowest BCUT2D eigenvalue weighted by Gasteiger charge is -2.39. The fourth-order valence-electron chi connectivity index (χ4n) is 1.31. The summed E-state index contributed by atoms with van der Waals surface area (Å²) in [6.07, 6.45) is 0.190. The van der Waals surface area contributed by atoms with Crippen molar-refractivity contribution in [2.75, 3.05) is 13.7 Å². The Morgan fingerprint density at radius 2 is 1.93 bits per heavy atom. The molecule has 0 saturated carbocycles. The van der Waals surface area contributed by atoms with Gasteiger partial charge < -0.3 is 9.47 Å². The van der Waals surface area contributed by atoms with Gasteiger partial charge in [0.1, 0.15) is 11.6 Å². The second-order valence-corrected chi connectivity index (χ2v) is 4.50. The molecule has 86 valence electrons. The summed E-state index contributed by atoms with van der Waals surface area (Å²) in [6.45, 7) is 5.92. The standard InChI is InChI=1S/C10H17NO4/c1-10(2,3)15-9(13)11-6-5-7(11)8(12)14-4/h7H,5-6H2,1-4H3/t7-/m1/s1. The quantitative estimate of drug-likeness (QED) is 0.616. The van der Waals surface area contributed by atoms with E-state index in [-0.39, 0.29) is 5.97 Å². The summed E-state index contributed by atoms with van der Waals surface area (Å²) in [5.74, 6) is -0.382. The predicted octanol–water partition coefficient (Wildman–Crippen LogP) is 1.17. The third-order valence-electron chi connectivity index (χ3n) is 2.12. The first-order valence-electron chi connectivity index (χ1n) is 4.92. The number of rotatable bonds is 1. The molecule has 0 bridgehead atoms. The van der Waals surface area contributed by atoms with Crippen LogP contribution in [-0.4, -0.2) is 42.3 Å². The summed E-state index contributed by atoms with van der Waals surface area (Å²) in [4.78, 5) is 24.2. The maximum atomic E-state index is 11.6. The molecule has 0 aromatic rings. The Bertz CT molecular complexity index is 269. The molecule has 5 heteroatoms. The summed E-state index contributed by atoms with van der Waals surface area (Å²) in [5, 5.41) is 0. The van der Waals surface area contributed by atoms with Gasteiger partial charge in [-0.15, -0.1) is 0 Å². The summed E-state index contributed by atoms with van der Waals surface area (Å²) in [6, 6.07) is -0.468. The van der Waals surface area contributed by atoms with E-state index in [0.29, 0.717) is 13.0 Å². The van der Waals surface area contributed by atoms with Crippen LogP contribution in [0.5, 0.6) is 0 Å². The summed E-state index contributed by atoms with van der Waals surface area (Å²) < 4.78 is 9.72. The first-order valence-corrected chi connectivity index (χ1v) is 4.92. The van der Waals surface area contributed by atoms with Gasteiger partial charge in [0.25, 0.3) is 0 Å². The van der Waals surface area contributed by atoms with Crippen LogP contribution >= 0.6 is 0 Å². The Labute approximate surface area is 89.3 Å². The first kappa shape index (κ1) is 11.8. The van der Waals surface area contributed by atoms with E-state index >= 15 is 0 Å². The zero-order chi connectivity index (χ0) is 11.6. The molecule has 0 N–H and O–H groups in total. The topological polar surface area (TPSA) is 55.8 Å². The van der Waals surface area contributed by atoms with Gasteiger partial charge in [0.2, 0.25) is 0 Å². The number of hydrogen-bond acceptors (Lipinski definition) is 4. The highest BCUT2D eigenvalue weighted by Gasteiger charge is 2.40. The Morgan fingerprint density at radius 3 is 2.27 bits per heavy atom. The molecule has 0 aromatic heterocycles. The molecule has 0 aromatic carbocycles. The van der Waals surface area contributed by atoms with Crippen LogP contribution in [0.15, 0.2) is 0 Å². The van der Waals surface area contributed by atoms with Crippen LogP contribution in [0.25, 0.3) is 0 Å². The largest absolute Gasteiger partial charge is 0.467 e. The molecule has 0 aliphatic carbocycles. The molecule has 0 spiro atoms. The number of ether oxygens (including phenoxy) is 2. The Balaban J connectivity index is 2.51. The number of amides is 1. The maximum Gasteiger partial charge on any atom is 0.411 e. The minimum Gasteiger partial charge on any atom is -0.467 e. The van der Waals surface area contributed by atoms with Crippen LogP contribution in [0.2, 0.25) is 0 Å². The fourth-order valence-corrected chi connectivity index (χ4v) is 1.31. The van der Waals surface area contributed by atoms with Gasteiger partial charge in [-0.25, -0.2) is 9.59 Å². The molecule has 15 heavy (non-hydrogen) atoms. The zero-order valence-corrected chi connectivity index (χ0v) is 9.57. The predicted molar refractivity (Wildman–Crippen MR) is 53.4 cm³/mol. The van der Waals surface area contributed by atoms with Gasteiger partial charge in [-0.1, -0.05) is 0 Å². The molecule has 1 aliphatic heterocycles. The van der Waals surface area contributed by atoms with Crippen LogP contribution in [0, 0.1) is 0 Å². The number of carbonyl (C=O) groups excluding carboxylic acids is 2. The highest BCUT2D eigenvalue weighted by Crippen LogP contribution is 2.21. The third-order valence-corrected chi connectivity index (χ3v) is 2.12. The summed E-state index contributed by atoms with van der Waals surface area (Å²) in [5.41, 5.74) is -0.534. The monoisotopic (exact) mass is 215 g/mol. The van der Waals surface area contributed by atoms with Crippen LogP contribution in [0.3, 0.4) is 0 Å². The van der Waals surface area contributed by atoms with E-state index in [1.165, 1.54) is 12.0 Å². The van der Waals surface area contributed by atoms with Gasteiger partial charge >= 0.3 is 12.1 Å². The number of esters is 1. The van der Waals surface area contributed by atoms with Crippen LogP contribution in [0.1, 0.15) is 27.2 Å². The van der Waals surface area contributed by atoms with Gasteiger partial charge in [0.15, 0.2) is 0 Å². The molecule has 5 nitrogen and oxygen atoms in total. The van der Waals surface area contributed by atoms with E-state index in [0.717, 1.165) is 0 Å². The lowest BCUT2D eigenvalue weighted by atomic mass is 10.0. The maximum absolute atomic E-state index is 11.6. The lowest BCUT2D eigenvalue weighted by Crippen LogP contribution is -2.56. The summed E-state index contributed by atoms with van der Waals surface area (Å²) in [7, 11) is 1.31. The molecule has 0 unspecified atom stereocenters. The highest BCUT2D eigenvalue weighted by atomic mass is 16.6. The fraction of sp³-hybridized carbons (Fsp3) is 0.800. The molecule has 1 fully saturated rings. The van der Waals surface area contributed by atoms with Crippen molar-refractivity contribution in [3.05, 3.63) is 0 Å². The molecule has 1 aliphatic rings. The smallest absolute Gasteiger partial charge is 0.411 e. The lowest BCUT2D eigenvalue weighted by molar-refractivity contribution is -0.151.